The Morgan fingerprint density at radius 3 is 2.33 bits per heavy atom. The summed E-state index contributed by atoms with van der Waals surface area (Å²) in [5, 5.41) is 3.31. The maximum Gasteiger partial charge on any atom is 0.0580 e. The molecule has 2 nitrogen and oxygen atoms in total. The summed E-state index contributed by atoms with van der Waals surface area (Å²) < 4.78 is 13.0. The SMILES string of the molecule is CNC(c1ccccc1)C(C)S(=O)c1cc(C)ccc1C. The molecule has 0 amide bonds. The molecule has 21 heavy (non-hydrogen) atoms. The molecular formula is C18H23NOS. The molecule has 0 saturated heterocycles. The fraction of sp³-hybridized carbons (Fsp3) is 0.333. The van der Waals surface area contributed by atoms with Gasteiger partial charge in [-0.15, -0.1) is 0 Å². The topological polar surface area (TPSA) is 29.1 Å². The Labute approximate surface area is 130 Å². The highest BCUT2D eigenvalue weighted by Crippen LogP contribution is 2.26. The molecule has 2 aromatic carbocycles. The summed E-state index contributed by atoms with van der Waals surface area (Å²) in [4.78, 5) is 0.943. The molecule has 0 aliphatic rings. The van der Waals surface area contributed by atoms with Crippen LogP contribution in [0.1, 0.15) is 29.7 Å². The van der Waals surface area contributed by atoms with E-state index in [1.165, 1.54) is 5.56 Å². The number of aryl methyl sites for hydroxylation is 2. The summed E-state index contributed by atoms with van der Waals surface area (Å²) in [6, 6.07) is 16.4. The van der Waals surface area contributed by atoms with Crippen molar-refractivity contribution < 1.29 is 4.21 Å². The summed E-state index contributed by atoms with van der Waals surface area (Å²) in [7, 11) is 0.882. The van der Waals surface area contributed by atoms with Gasteiger partial charge in [-0.2, -0.15) is 0 Å². The fourth-order valence-corrected chi connectivity index (χ4v) is 4.21. The van der Waals surface area contributed by atoms with Crippen LogP contribution in [0.5, 0.6) is 0 Å². The van der Waals surface area contributed by atoms with Crippen LogP contribution >= 0.6 is 0 Å². The van der Waals surface area contributed by atoms with Crippen molar-refractivity contribution in [1.82, 2.24) is 5.32 Å². The third-order valence-electron chi connectivity index (χ3n) is 3.84. The molecular weight excluding hydrogens is 278 g/mol. The molecule has 0 bridgehead atoms. The van der Waals surface area contributed by atoms with Crippen LogP contribution in [0.4, 0.5) is 0 Å². The molecule has 112 valence electrons. The van der Waals surface area contributed by atoms with Gasteiger partial charge in [-0.25, -0.2) is 0 Å². The van der Waals surface area contributed by atoms with Crippen molar-refractivity contribution in [2.75, 3.05) is 7.05 Å². The maximum atomic E-state index is 13.0. The molecule has 1 N–H and O–H groups in total. The van der Waals surface area contributed by atoms with Crippen molar-refractivity contribution in [3.63, 3.8) is 0 Å². The van der Waals surface area contributed by atoms with Crippen LogP contribution in [0, 0.1) is 13.8 Å². The van der Waals surface area contributed by atoms with E-state index in [0.717, 1.165) is 16.0 Å². The van der Waals surface area contributed by atoms with E-state index in [9.17, 15) is 4.21 Å². The van der Waals surface area contributed by atoms with Crippen LogP contribution in [0.2, 0.25) is 0 Å². The van der Waals surface area contributed by atoms with Gasteiger partial charge in [0.1, 0.15) is 0 Å². The second-order valence-corrected chi connectivity index (χ2v) is 7.23. The van der Waals surface area contributed by atoms with Crippen molar-refractivity contribution >= 4 is 10.8 Å². The van der Waals surface area contributed by atoms with Gasteiger partial charge in [-0.3, -0.25) is 4.21 Å². The minimum Gasteiger partial charge on any atom is -0.312 e. The van der Waals surface area contributed by atoms with Crippen LogP contribution in [0.25, 0.3) is 0 Å². The molecule has 0 radical (unpaired) electrons. The lowest BCUT2D eigenvalue weighted by Crippen LogP contribution is -2.30. The first kappa shape index (κ1) is 15.9. The van der Waals surface area contributed by atoms with E-state index in [1.54, 1.807) is 0 Å². The van der Waals surface area contributed by atoms with Gasteiger partial charge in [-0.1, -0.05) is 42.5 Å². The largest absolute Gasteiger partial charge is 0.312 e. The van der Waals surface area contributed by atoms with E-state index < -0.39 is 10.8 Å². The number of rotatable bonds is 5. The van der Waals surface area contributed by atoms with Gasteiger partial charge < -0.3 is 5.32 Å². The van der Waals surface area contributed by atoms with Crippen LogP contribution < -0.4 is 5.32 Å². The molecule has 0 spiro atoms. The molecule has 0 aliphatic heterocycles. The zero-order chi connectivity index (χ0) is 15.4. The van der Waals surface area contributed by atoms with Crippen LogP contribution in [0.3, 0.4) is 0 Å². The lowest BCUT2D eigenvalue weighted by Gasteiger charge is -2.24. The third-order valence-corrected chi connectivity index (χ3v) is 5.66. The molecule has 0 fully saturated rings. The van der Waals surface area contributed by atoms with E-state index in [0.29, 0.717) is 0 Å². The van der Waals surface area contributed by atoms with Gasteiger partial charge in [0.2, 0.25) is 0 Å². The third kappa shape index (κ3) is 3.60. The standard InChI is InChI=1S/C18H23NOS/c1-13-10-11-14(2)17(12-13)21(20)15(3)18(19-4)16-8-6-5-7-9-16/h5-12,15,18-19H,1-4H3. The number of hydrogen-bond acceptors (Lipinski definition) is 2. The molecule has 2 aromatic rings. The molecule has 0 aliphatic carbocycles. The highest BCUT2D eigenvalue weighted by molar-refractivity contribution is 7.85. The smallest absolute Gasteiger partial charge is 0.0580 e. The van der Waals surface area contributed by atoms with Crippen LogP contribution in [-0.4, -0.2) is 16.5 Å². The first-order valence-corrected chi connectivity index (χ1v) is 8.46. The van der Waals surface area contributed by atoms with Crippen molar-refractivity contribution in [1.29, 1.82) is 0 Å². The Morgan fingerprint density at radius 2 is 1.71 bits per heavy atom. The van der Waals surface area contributed by atoms with Gasteiger partial charge in [-0.05, 0) is 50.6 Å². The molecule has 2 rings (SSSR count). The Hall–Kier alpha value is -1.45. The van der Waals surface area contributed by atoms with E-state index in [1.807, 2.05) is 58.2 Å². The zero-order valence-corrected chi connectivity index (χ0v) is 13.9. The van der Waals surface area contributed by atoms with Gasteiger partial charge in [0.15, 0.2) is 0 Å². The minimum absolute atomic E-state index is 0.00194. The number of benzene rings is 2. The summed E-state index contributed by atoms with van der Waals surface area (Å²) in [6.07, 6.45) is 0. The lowest BCUT2D eigenvalue weighted by atomic mass is 10.0. The Morgan fingerprint density at radius 1 is 1.05 bits per heavy atom. The average molecular weight is 301 g/mol. The molecule has 0 heterocycles. The van der Waals surface area contributed by atoms with E-state index in [2.05, 4.69) is 23.5 Å². The second kappa shape index (κ2) is 7.01. The highest BCUT2D eigenvalue weighted by Gasteiger charge is 2.24. The van der Waals surface area contributed by atoms with E-state index in [-0.39, 0.29) is 11.3 Å². The minimum atomic E-state index is -1.04. The normalized spacial score (nSPS) is 15.4. The van der Waals surface area contributed by atoms with Gasteiger partial charge in [0, 0.05) is 10.9 Å². The van der Waals surface area contributed by atoms with Gasteiger partial charge >= 0.3 is 0 Å². The first-order chi connectivity index (χ1) is 10.0. The quantitative estimate of drug-likeness (QED) is 0.911. The number of nitrogens with one attached hydrogen (secondary N) is 1. The molecule has 3 unspecified atom stereocenters. The monoisotopic (exact) mass is 301 g/mol. The van der Waals surface area contributed by atoms with Crippen molar-refractivity contribution in [2.24, 2.45) is 0 Å². The molecule has 0 aromatic heterocycles. The first-order valence-electron chi connectivity index (χ1n) is 7.24. The lowest BCUT2D eigenvalue weighted by molar-refractivity contribution is 0.570. The average Bonchev–Trinajstić information content (AvgIpc) is 2.50. The van der Waals surface area contributed by atoms with Gasteiger partial charge in [0.05, 0.1) is 16.0 Å². The maximum absolute atomic E-state index is 13.0. The second-order valence-electron chi connectivity index (χ2n) is 5.45. The van der Waals surface area contributed by atoms with Crippen molar-refractivity contribution in [2.45, 2.75) is 37.0 Å². The molecule has 0 saturated carbocycles. The van der Waals surface area contributed by atoms with E-state index >= 15 is 0 Å². The van der Waals surface area contributed by atoms with Gasteiger partial charge in [0.25, 0.3) is 0 Å². The highest BCUT2D eigenvalue weighted by atomic mass is 32.2. The summed E-state index contributed by atoms with van der Waals surface area (Å²) >= 11 is 0. The predicted octanol–water partition coefficient (Wildman–Crippen LogP) is 3.76. The van der Waals surface area contributed by atoms with E-state index in [4.69, 9.17) is 0 Å². The fourth-order valence-electron chi connectivity index (χ4n) is 2.58. The zero-order valence-electron chi connectivity index (χ0n) is 13.1. The Bertz CT molecular complexity index is 624. The summed E-state index contributed by atoms with van der Waals surface area (Å²) in [5.74, 6) is 0. The molecule has 3 atom stereocenters. The molecule has 3 heteroatoms. The van der Waals surface area contributed by atoms with Crippen molar-refractivity contribution in [3.05, 3.63) is 65.2 Å². The Balaban J connectivity index is 2.31. The number of hydrogen-bond donors (Lipinski definition) is 1. The van der Waals surface area contributed by atoms with Crippen LogP contribution in [0.15, 0.2) is 53.4 Å². The summed E-state index contributed by atoms with van der Waals surface area (Å²) in [5.41, 5.74) is 3.41. The predicted molar refractivity (Wildman–Crippen MR) is 90.0 cm³/mol. The Kier molecular flexibility index (Phi) is 5.32. The van der Waals surface area contributed by atoms with Crippen LogP contribution in [-0.2, 0) is 10.8 Å². The van der Waals surface area contributed by atoms with Crippen molar-refractivity contribution in [3.8, 4) is 0 Å². The summed E-state index contributed by atoms with van der Waals surface area (Å²) in [6.45, 7) is 6.11.